The number of aromatic nitrogens is 1. The zero-order chi connectivity index (χ0) is 13.1. The third kappa shape index (κ3) is 2.93. The topological polar surface area (TPSA) is 64.9 Å². The van der Waals surface area contributed by atoms with Gasteiger partial charge in [-0.1, -0.05) is 35.3 Å². The second-order valence-electron chi connectivity index (χ2n) is 4.04. The Morgan fingerprint density at radius 1 is 1.17 bits per heavy atom. The van der Waals surface area contributed by atoms with Crippen LogP contribution in [-0.4, -0.2) is 4.98 Å². The van der Waals surface area contributed by atoms with Crippen molar-refractivity contribution < 1.29 is 0 Å². The molecule has 0 fully saturated rings. The van der Waals surface area contributed by atoms with Gasteiger partial charge in [-0.15, -0.1) is 0 Å². The first kappa shape index (κ1) is 13.1. The van der Waals surface area contributed by atoms with Gasteiger partial charge in [-0.05, 0) is 30.2 Å². The first-order valence-electron chi connectivity index (χ1n) is 5.48. The zero-order valence-electron chi connectivity index (χ0n) is 9.61. The lowest BCUT2D eigenvalue weighted by Gasteiger charge is -2.14. The van der Waals surface area contributed by atoms with Crippen LogP contribution in [0, 0.1) is 0 Å². The first-order chi connectivity index (χ1) is 8.58. The van der Waals surface area contributed by atoms with Crippen molar-refractivity contribution in [1.29, 1.82) is 0 Å². The van der Waals surface area contributed by atoms with Crippen LogP contribution in [0.4, 0.5) is 5.82 Å². The number of hydrogen-bond donors (Lipinski definition) is 2. The minimum Gasteiger partial charge on any atom is -0.383 e. The SMILES string of the molecule is Nc1ncccc1C(N)Cc1ccc(Cl)c(Cl)c1. The molecule has 4 N–H and O–H groups in total. The maximum Gasteiger partial charge on any atom is 0.128 e. The lowest BCUT2D eigenvalue weighted by Crippen LogP contribution is -2.15. The molecule has 3 nitrogen and oxygen atoms in total. The number of rotatable bonds is 3. The number of pyridine rings is 1. The molecule has 0 bridgehead atoms. The Labute approximate surface area is 116 Å². The summed E-state index contributed by atoms with van der Waals surface area (Å²) in [5.41, 5.74) is 13.8. The second kappa shape index (κ2) is 5.57. The van der Waals surface area contributed by atoms with Crippen molar-refractivity contribution in [2.45, 2.75) is 12.5 Å². The van der Waals surface area contributed by atoms with E-state index in [2.05, 4.69) is 4.98 Å². The molecule has 0 aliphatic carbocycles. The number of nitrogens with two attached hydrogens (primary N) is 2. The molecular formula is C13H13Cl2N3. The van der Waals surface area contributed by atoms with Gasteiger partial charge in [0.15, 0.2) is 0 Å². The number of nitrogen functional groups attached to an aromatic ring is 1. The molecule has 1 aromatic heterocycles. The summed E-state index contributed by atoms with van der Waals surface area (Å²) in [5, 5.41) is 1.07. The van der Waals surface area contributed by atoms with Crippen molar-refractivity contribution in [3.8, 4) is 0 Å². The minimum absolute atomic E-state index is 0.212. The fourth-order valence-electron chi connectivity index (χ4n) is 1.77. The fraction of sp³-hybridized carbons (Fsp3) is 0.154. The van der Waals surface area contributed by atoms with Crippen molar-refractivity contribution >= 4 is 29.0 Å². The van der Waals surface area contributed by atoms with Crippen molar-refractivity contribution in [3.05, 3.63) is 57.7 Å². The highest BCUT2D eigenvalue weighted by Gasteiger charge is 2.11. The van der Waals surface area contributed by atoms with Gasteiger partial charge in [0.2, 0.25) is 0 Å². The smallest absolute Gasteiger partial charge is 0.128 e. The van der Waals surface area contributed by atoms with Gasteiger partial charge >= 0.3 is 0 Å². The van der Waals surface area contributed by atoms with Crippen molar-refractivity contribution in [2.75, 3.05) is 5.73 Å². The summed E-state index contributed by atoms with van der Waals surface area (Å²) in [6.07, 6.45) is 2.28. The van der Waals surface area contributed by atoms with Crippen LogP contribution in [0.25, 0.3) is 0 Å². The summed E-state index contributed by atoms with van der Waals surface area (Å²) in [7, 11) is 0. The molecule has 1 heterocycles. The quantitative estimate of drug-likeness (QED) is 0.908. The molecule has 18 heavy (non-hydrogen) atoms. The van der Waals surface area contributed by atoms with E-state index in [0.29, 0.717) is 22.3 Å². The Bertz CT molecular complexity index is 558. The Morgan fingerprint density at radius 3 is 2.61 bits per heavy atom. The van der Waals surface area contributed by atoms with E-state index in [1.807, 2.05) is 24.3 Å². The van der Waals surface area contributed by atoms with Gasteiger partial charge in [0, 0.05) is 17.8 Å². The van der Waals surface area contributed by atoms with E-state index in [1.165, 1.54) is 0 Å². The van der Waals surface area contributed by atoms with Crippen LogP contribution in [0.5, 0.6) is 0 Å². The normalized spacial score (nSPS) is 12.4. The van der Waals surface area contributed by atoms with Gasteiger partial charge in [-0.3, -0.25) is 0 Å². The van der Waals surface area contributed by atoms with E-state index in [9.17, 15) is 0 Å². The van der Waals surface area contributed by atoms with Crippen LogP contribution in [0.1, 0.15) is 17.2 Å². The van der Waals surface area contributed by atoms with Crippen LogP contribution in [-0.2, 0) is 6.42 Å². The molecule has 1 unspecified atom stereocenters. The minimum atomic E-state index is -0.212. The van der Waals surface area contributed by atoms with E-state index in [4.69, 9.17) is 34.7 Å². The molecule has 0 saturated heterocycles. The molecule has 2 aromatic rings. The highest BCUT2D eigenvalue weighted by atomic mass is 35.5. The largest absolute Gasteiger partial charge is 0.383 e. The molecule has 1 atom stereocenters. The molecule has 0 aliphatic heterocycles. The van der Waals surface area contributed by atoms with Crippen LogP contribution in [0.15, 0.2) is 36.5 Å². The number of benzene rings is 1. The number of halogens is 2. The van der Waals surface area contributed by atoms with Gasteiger partial charge < -0.3 is 11.5 Å². The van der Waals surface area contributed by atoms with E-state index in [-0.39, 0.29) is 6.04 Å². The van der Waals surface area contributed by atoms with E-state index in [1.54, 1.807) is 12.3 Å². The summed E-state index contributed by atoms with van der Waals surface area (Å²) in [5.74, 6) is 0.463. The maximum absolute atomic E-state index is 6.12. The highest BCUT2D eigenvalue weighted by Crippen LogP contribution is 2.25. The predicted octanol–water partition coefficient (Wildman–Crippen LogP) is 3.21. The molecule has 0 amide bonds. The Kier molecular flexibility index (Phi) is 4.07. The summed E-state index contributed by atoms with van der Waals surface area (Å²) in [4.78, 5) is 4.02. The Balaban J connectivity index is 2.19. The molecule has 1 aromatic carbocycles. The lowest BCUT2D eigenvalue weighted by molar-refractivity contribution is 0.721. The second-order valence-corrected chi connectivity index (χ2v) is 4.85. The molecule has 0 radical (unpaired) electrons. The highest BCUT2D eigenvalue weighted by molar-refractivity contribution is 6.42. The molecular weight excluding hydrogens is 269 g/mol. The van der Waals surface area contributed by atoms with Crippen LogP contribution < -0.4 is 11.5 Å². The zero-order valence-corrected chi connectivity index (χ0v) is 11.1. The van der Waals surface area contributed by atoms with Crippen molar-refractivity contribution in [2.24, 2.45) is 5.73 Å². The maximum atomic E-state index is 6.12. The first-order valence-corrected chi connectivity index (χ1v) is 6.23. The molecule has 2 rings (SSSR count). The van der Waals surface area contributed by atoms with E-state index in [0.717, 1.165) is 11.1 Å². The van der Waals surface area contributed by atoms with Gasteiger partial charge in [0.1, 0.15) is 5.82 Å². The molecule has 94 valence electrons. The Hall–Kier alpha value is -1.29. The van der Waals surface area contributed by atoms with Crippen LogP contribution in [0.3, 0.4) is 0 Å². The summed E-state index contributed by atoms with van der Waals surface area (Å²) in [6, 6.07) is 8.97. The number of hydrogen-bond acceptors (Lipinski definition) is 3. The van der Waals surface area contributed by atoms with Crippen LogP contribution >= 0.6 is 23.2 Å². The van der Waals surface area contributed by atoms with Gasteiger partial charge in [-0.25, -0.2) is 4.98 Å². The van der Waals surface area contributed by atoms with E-state index >= 15 is 0 Å². The summed E-state index contributed by atoms with van der Waals surface area (Å²) < 4.78 is 0. The Morgan fingerprint density at radius 2 is 1.94 bits per heavy atom. The fourth-order valence-corrected chi connectivity index (χ4v) is 2.09. The average Bonchev–Trinajstić information content (AvgIpc) is 2.34. The monoisotopic (exact) mass is 281 g/mol. The lowest BCUT2D eigenvalue weighted by atomic mass is 10.0. The van der Waals surface area contributed by atoms with Gasteiger partial charge in [-0.2, -0.15) is 0 Å². The predicted molar refractivity (Wildman–Crippen MR) is 75.7 cm³/mol. The average molecular weight is 282 g/mol. The summed E-state index contributed by atoms with van der Waals surface area (Å²) in [6.45, 7) is 0. The summed E-state index contributed by atoms with van der Waals surface area (Å²) >= 11 is 11.8. The third-order valence-electron chi connectivity index (χ3n) is 2.71. The van der Waals surface area contributed by atoms with Gasteiger partial charge in [0.25, 0.3) is 0 Å². The van der Waals surface area contributed by atoms with E-state index < -0.39 is 0 Å². The number of nitrogens with zero attached hydrogens (tertiary/aromatic N) is 1. The van der Waals surface area contributed by atoms with Gasteiger partial charge in [0.05, 0.1) is 10.0 Å². The standard InChI is InChI=1S/C13H13Cl2N3/c14-10-4-3-8(6-11(10)15)7-12(16)9-2-1-5-18-13(9)17/h1-6,12H,7,16H2,(H2,17,18). The third-order valence-corrected chi connectivity index (χ3v) is 3.45. The molecule has 0 spiro atoms. The number of anilines is 1. The molecule has 0 saturated carbocycles. The van der Waals surface area contributed by atoms with Crippen molar-refractivity contribution in [3.63, 3.8) is 0 Å². The molecule has 5 heteroatoms. The molecule has 0 aliphatic rings. The van der Waals surface area contributed by atoms with Crippen LogP contribution in [0.2, 0.25) is 10.0 Å². The van der Waals surface area contributed by atoms with Crippen molar-refractivity contribution in [1.82, 2.24) is 4.98 Å².